The van der Waals surface area contributed by atoms with E-state index in [1.807, 2.05) is 24.3 Å². The van der Waals surface area contributed by atoms with Crippen molar-refractivity contribution in [3.63, 3.8) is 0 Å². The van der Waals surface area contributed by atoms with Gasteiger partial charge in [0.25, 0.3) is 6.01 Å². The number of hydrogen-bond acceptors (Lipinski definition) is 4. The molecular weight excluding hydrogens is 256 g/mol. The quantitative estimate of drug-likeness (QED) is 0.870. The number of carboxylic acids is 1. The Morgan fingerprint density at radius 1 is 1.39 bits per heavy atom. The monoisotopic (exact) mass is 266 g/mol. The Kier molecular flexibility index (Phi) is 3.84. The molecule has 1 aromatic carbocycles. The number of carboxylic acid groups (broad SMARTS) is 1. The third-order valence-corrected chi connectivity index (χ3v) is 2.58. The number of nitrogens with one attached hydrogen (secondary N) is 1. The van der Waals surface area contributed by atoms with Gasteiger partial charge in [-0.25, -0.2) is 4.79 Å². The highest BCUT2D eigenvalue weighted by Crippen LogP contribution is 2.11. The lowest BCUT2D eigenvalue weighted by atomic mass is 10.1. The number of benzene rings is 1. The number of aromatic carboxylic acids is 1. The number of halogens is 1. The molecule has 2 aromatic rings. The molecule has 0 fully saturated rings. The first-order chi connectivity index (χ1) is 8.65. The minimum Gasteiger partial charge on any atom is -0.476 e. The van der Waals surface area contributed by atoms with Crippen molar-refractivity contribution in [2.45, 2.75) is 6.42 Å². The van der Waals surface area contributed by atoms with Crippen LogP contribution in [0.4, 0.5) is 6.01 Å². The van der Waals surface area contributed by atoms with Crippen LogP contribution in [0.3, 0.4) is 0 Å². The Morgan fingerprint density at radius 3 is 2.72 bits per heavy atom. The molecule has 18 heavy (non-hydrogen) atoms. The van der Waals surface area contributed by atoms with E-state index < -0.39 is 5.97 Å². The molecule has 0 saturated heterocycles. The van der Waals surface area contributed by atoms with E-state index in [-0.39, 0.29) is 11.7 Å². The fourth-order valence-corrected chi connectivity index (χ4v) is 1.54. The second-order valence-electron chi connectivity index (χ2n) is 3.65. The van der Waals surface area contributed by atoms with E-state index >= 15 is 0 Å². The van der Waals surface area contributed by atoms with Crippen molar-refractivity contribution in [3.8, 4) is 0 Å². The largest absolute Gasteiger partial charge is 0.476 e. The fourth-order valence-electron chi connectivity index (χ4n) is 1.42. The molecule has 1 heterocycles. The van der Waals surface area contributed by atoms with Crippen molar-refractivity contribution >= 4 is 23.6 Å². The number of nitrogens with zero attached hydrogens (tertiary/aromatic N) is 1. The molecule has 0 saturated carbocycles. The van der Waals surface area contributed by atoms with Gasteiger partial charge < -0.3 is 14.8 Å². The van der Waals surface area contributed by atoms with Gasteiger partial charge in [0.05, 0.1) is 0 Å². The van der Waals surface area contributed by atoms with E-state index in [0.29, 0.717) is 11.6 Å². The predicted molar refractivity (Wildman–Crippen MR) is 67.1 cm³/mol. The van der Waals surface area contributed by atoms with Crippen molar-refractivity contribution in [1.29, 1.82) is 0 Å². The van der Waals surface area contributed by atoms with Crippen LogP contribution < -0.4 is 5.32 Å². The molecule has 94 valence electrons. The Bertz CT molecular complexity index is 537. The predicted octanol–water partition coefficient (Wildman–Crippen LogP) is 2.68. The summed E-state index contributed by atoms with van der Waals surface area (Å²) in [5.74, 6) is -1.11. The van der Waals surface area contributed by atoms with Gasteiger partial charge in [0.1, 0.15) is 6.26 Å². The molecule has 5 nitrogen and oxygen atoms in total. The highest BCUT2D eigenvalue weighted by atomic mass is 35.5. The Morgan fingerprint density at radius 2 is 2.11 bits per heavy atom. The average Bonchev–Trinajstić information content (AvgIpc) is 2.81. The topological polar surface area (TPSA) is 75.4 Å². The summed E-state index contributed by atoms with van der Waals surface area (Å²) in [6, 6.07) is 7.72. The lowest BCUT2D eigenvalue weighted by Crippen LogP contribution is -2.05. The molecule has 0 spiro atoms. The molecule has 0 aliphatic carbocycles. The highest BCUT2D eigenvalue weighted by Gasteiger charge is 2.09. The molecule has 0 radical (unpaired) electrons. The van der Waals surface area contributed by atoms with Crippen LogP contribution in [0, 0.1) is 0 Å². The maximum absolute atomic E-state index is 10.6. The van der Waals surface area contributed by atoms with Gasteiger partial charge in [0.2, 0.25) is 0 Å². The van der Waals surface area contributed by atoms with Gasteiger partial charge in [-0.15, -0.1) is 0 Å². The highest BCUT2D eigenvalue weighted by molar-refractivity contribution is 6.30. The van der Waals surface area contributed by atoms with E-state index in [1.54, 1.807) is 0 Å². The molecule has 0 amide bonds. The normalized spacial score (nSPS) is 10.3. The molecule has 0 unspecified atom stereocenters. The maximum Gasteiger partial charge on any atom is 0.357 e. The number of hydrogen-bond donors (Lipinski definition) is 2. The zero-order chi connectivity index (χ0) is 13.0. The average molecular weight is 267 g/mol. The summed E-state index contributed by atoms with van der Waals surface area (Å²) in [5, 5.41) is 12.3. The zero-order valence-electron chi connectivity index (χ0n) is 9.39. The van der Waals surface area contributed by atoms with Crippen molar-refractivity contribution in [2.75, 3.05) is 11.9 Å². The molecule has 0 bridgehead atoms. The van der Waals surface area contributed by atoms with Gasteiger partial charge in [-0.2, -0.15) is 4.98 Å². The van der Waals surface area contributed by atoms with Crippen molar-refractivity contribution in [2.24, 2.45) is 0 Å². The summed E-state index contributed by atoms with van der Waals surface area (Å²) in [7, 11) is 0. The number of rotatable bonds is 5. The second kappa shape index (κ2) is 5.55. The van der Waals surface area contributed by atoms with Crippen molar-refractivity contribution in [3.05, 3.63) is 46.8 Å². The minimum absolute atomic E-state index is 0.107. The molecular formula is C12H11ClN2O3. The third kappa shape index (κ3) is 3.24. The molecule has 2 rings (SSSR count). The molecule has 0 atom stereocenters. The smallest absolute Gasteiger partial charge is 0.357 e. The summed E-state index contributed by atoms with van der Waals surface area (Å²) in [6.07, 6.45) is 1.87. The lowest BCUT2D eigenvalue weighted by Gasteiger charge is -2.02. The standard InChI is InChI=1S/C12H11ClN2O3/c13-9-3-1-8(2-4-9)5-6-14-12-15-10(7-18-12)11(16)17/h1-4,7H,5-6H2,(H,14,15)(H,16,17). The SMILES string of the molecule is O=C(O)c1coc(NCCc2ccc(Cl)cc2)n1. The third-order valence-electron chi connectivity index (χ3n) is 2.33. The molecule has 6 heteroatoms. The van der Waals surface area contributed by atoms with Crippen LogP contribution in [0.2, 0.25) is 5.02 Å². The Labute approximate surface area is 108 Å². The van der Waals surface area contributed by atoms with E-state index in [2.05, 4.69) is 10.3 Å². The first kappa shape index (κ1) is 12.4. The number of oxazole rings is 1. The number of carbonyl (C=O) groups is 1. The summed E-state index contributed by atoms with van der Waals surface area (Å²) in [5.41, 5.74) is 1.01. The first-order valence-corrected chi connectivity index (χ1v) is 5.70. The summed E-state index contributed by atoms with van der Waals surface area (Å²) in [4.78, 5) is 14.3. The van der Waals surface area contributed by atoms with Crippen LogP contribution >= 0.6 is 11.6 Å². The van der Waals surface area contributed by atoms with E-state index in [9.17, 15) is 4.79 Å². The van der Waals surface area contributed by atoms with Crippen LogP contribution in [0.1, 0.15) is 16.1 Å². The van der Waals surface area contributed by atoms with Crippen LogP contribution in [0.15, 0.2) is 34.9 Å². The van der Waals surface area contributed by atoms with Gasteiger partial charge in [-0.1, -0.05) is 23.7 Å². The molecule has 0 aliphatic rings. The van der Waals surface area contributed by atoms with E-state index in [4.69, 9.17) is 21.1 Å². The van der Waals surface area contributed by atoms with Crippen molar-refractivity contribution < 1.29 is 14.3 Å². The van der Waals surface area contributed by atoms with Gasteiger partial charge in [0, 0.05) is 11.6 Å². The van der Waals surface area contributed by atoms with Crippen molar-refractivity contribution in [1.82, 2.24) is 4.98 Å². The van der Waals surface area contributed by atoms with Gasteiger partial charge in [-0.3, -0.25) is 0 Å². The van der Waals surface area contributed by atoms with Crippen LogP contribution in [-0.2, 0) is 6.42 Å². The Hall–Kier alpha value is -2.01. The number of anilines is 1. The maximum atomic E-state index is 10.6. The van der Waals surface area contributed by atoms with E-state index in [1.165, 1.54) is 0 Å². The van der Waals surface area contributed by atoms with Crippen LogP contribution in [0.25, 0.3) is 0 Å². The van der Waals surface area contributed by atoms with Gasteiger partial charge in [0.15, 0.2) is 5.69 Å². The summed E-state index contributed by atoms with van der Waals surface area (Å²) < 4.78 is 4.96. The second-order valence-corrected chi connectivity index (χ2v) is 4.08. The van der Waals surface area contributed by atoms with Gasteiger partial charge >= 0.3 is 5.97 Å². The van der Waals surface area contributed by atoms with Crippen LogP contribution in [0.5, 0.6) is 0 Å². The van der Waals surface area contributed by atoms with Gasteiger partial charge in [-0.05, 0) is 24.1 Å². The Balaban J connectivity index is 1.84. The minimum atomic E-state index is -1.11. The molecule has 0 aliphatic heterocycles. The lowest BCUT2D eigenvalue weighted by molar-refractivity contribution is 0.0690. The summed E-state index contributed by atoms with van der Waals surface area (Å²) >= 11 is 5.78. The van der Waals surface area contributed by atoms with Crippen LogP contribution in [-0.4, -0.2) is 22.6 Å². The summed E-state index contributed by atoms with van der Waals surface area (Å²) in [6.45, 7) is 0.598. The van der Waals surface area contributed by atoms with E-state index in [0.717, 1.165) is 18.2 Å². The molecule has 2 N–H and O–H groups in total. The number of aromatic nitrogens is 1. The molecule has 1 aromatic heterocycles. The zero-order valence-corrected chi connectivity index (χ0v) is 10.1. The first-order valence-electron chi connectivity index (χ1n) is 5.32. The fraction of sp³-hybridized carbons (Fsp3) is 0.167.